The number of aryl methyl sites for hydroxylation is 1. The summed E-state index contributed by atoms with van der Waals surface area (Å²) in [6.07, 6.45) is 1.35. The van der Waals surface area contributed by atoms with Gasteiger partial charge in [-0.25, -0.2) is 0 Å². The highest BCUT2D eigenvalue weighted by molar-refractivity contribution is 7.11. The summed E-state index contributed by atoms with van der Waals surface area (Å²) >= 11 is 7.75. The quantitative estimate of drug-likeness (QED) is 0.771. The van der Waals surface area contributed by atoms with Crippen LogP contribution in [0.25, 0.3) is 0 Å². The molecular weight excluding hydrogens is 242 g/mol. The van der Waals surface area contributed by atoms with Gasteiger partial charge >= 0.3 is 0 Å². The maximum atomic E-state index is 5.83. The summed E-state index contributed by atoms with van der Waals surface area (Å²) < 4.78 is 5.55. The summed E-state index contributed by atoms with van der Waals surface area (Å²) in [7, 11) is 0. The highest BCUT2D eigenvalue weighted by Crippen LogP contribution is 2.20. The van der Waals surface area contributed by atoms with Crippen molar-refractivity contribution in [2.45, 2.75) is 26.0 Å². The van der Waals surface area contributed by atoms with Crippen molar-refractivity contribution in [2.75, 3.05) is 25.6 Å². The molecule has 0 aliphatic carbocycles. The number of hydrogen-bond donors (Lipinski definition) is 0. The van der Waals surface area contributed by atoms with Gasteiger partial charge in [-0.2, -0.15) is 0 Å². The predicted octanol–water partition coefficient (Wildman–Crippen LogP) is 2.75. The highest BCUT2D eigenvalue weighted by atomic mass is 35.5. The number of ether oxygens (including phenoxy) is 1. The third kappa shape index (κ3) is 3.20. The average Bonchev–Trinajstić information content (AvgIpc) is 2.77. The second-order valence-corrected chi connectivity index (χ2v) is 5.67. The van der Waals surface area contributed by atoms with Gasteiger partial charge in [0, 0.05) is 35.3 Å². The van der Waals surface area contributed by atoms with Crippen LogP contribution >= 0.6 is 22.9 Å². The third-order valence-electron chi connectivity index (χ3n) is 2.84. The molecule has 1 aliphatic heterocycles. The molecule has 2 rings (SSSR count). The Morgan fingerprint density at radius 2 is 2.31 bits per heavy atom. The number of nitrogens with zero attached hydrogens (tertiary/aromatic N) is 1. The Morgan fingerprint density at radius 1 is 1.50 bits per heavy atom. The Kier molecular flexibility index (Phi) is 4.65. The number of alkyl halides is 1. The summed E-state index contributed by atoms with van der Waals surface area (Å²) in [6, 6.07) is 4.48. The highest BCUT2D eigenvalue weighted by Gasteiger charge is 2.19. The maximum absolute atomic E-state index is 5.83. The number of rotatable bonds is 4. The van der Waals surface area contributed by atoms with Crippen molar-refractivity contribution in [2.24, 2.45) is 0 Å². The SMILES string of the molecule is CCc1ccc(CN2CCOC(CCl)C2)s1. The molecule has 4 heteroatoms. The molecule has 1 aliphatic rings. The Morgan fingerprint density at radius 3 is 3.00 bits per heavy atom. The van der Waals surface area contributed by atoms with Gasteiger partial charge in [-0.15, -0.1) is 22.9 Å². The van der Waals surface area contributed by atoms with Crippen LogP contribution in [0.15, 0.2) is 12.1 Å². The van der Waals surface area contributed by atoms with Gasteiger partial charge in [0.25, 0.3) is 0 Å². The molecule has 0 radical (unpaired) electrons. The summed E-state index contributed by atoms with van der Waals surface area (Å²) in [5, 5.41) is 0. The molecular formula is C12H18ClNOS. The lowest BCUT2D eigenvalue weighted by atomic mass is 10.3. The van der Waals surface area contributed by atoms with Gasteiger partial charge in [0.2, 0.25) is 0 Å². The van der Waals surface area contributed by atoms with Crippen LogP contribution in [-0.2, 0) is 17.7 Å². The number of morpholine rings is 1. The van der Waals surface area contributed by atoms with Crippen LogP contribution in [0.2, 0.25) is 0 Å². The monoisotopic (exact) mass is 259 g/mol. The van der Waals surface area contributed by atoms with E-state index in [1.165, 1.54) is 9.75 Å². The first kappa shape index (κ1) is 12.4. The van der Waals surface area contributed by atoms with Crippen molar-refractivity contribution in [3.05, 3.63) is 21.9 Å². The molecule has 0 N–H and O–H groups in total. The summed E-state index contributed by atoms with van der Waals surface area (Å²) in [5.41, 5.74) is 0. The normalized spacial score (nSPS) is 22.5. The largest absolute Gasteiger partial charge is 0.374 e. The van der Waals surface area contributed by atoms with Gasteiger partial charge in [-0.3, -0.25) is 4.90 Å². The zero-order chi connectivity index (χ0) is 11.4. The minimum atomic E-state index is 0.209. The first-order valence-electron chi connectivity index (χ1n) is 5.79. The van der Waals surface area contributed by atoms with E-state index in [4.69, 9.17) is 16.3 Å². The first-order valence-corrected chi connectivity index (χ1v) is 7.14. The summed E-state index contributed by atoms with van der Waals surface area (Å²) in [6.45, 7) is 6.04. The van der Waals surface area contributed by atoms with Crippen molar-refractivity contribution in [3.63, 3.8) is 0 Å². The topological polar surface area (TPSA) is 12.5 Å². The van der Waals surface area contributed by atoms with Crippen LogP contribution in [0.3, 0.4) is 0 Å². The lowest BCUT2D eigenvalue weighted by Crippen LogP contribution is -2.42. The number of hydrogen-bond acceptors (Lipinski definition) is 3. The number of halogens is 1. The van der Waals surface area contributed by atoms with E-state index in [1.807, 2.05) is 11.3 Å². The fourth-order valence-electron chi connectivity index (χ4n) is 1.94. The van der Waals surface area contributed by atoms with Crippen LogP contribution in [0.4, 0.5) is 0 Å². The summed E-state index contributed by atoms with van der Waals surface area (Å²) in [5.74, 6) is 0.598. The van der Waals surface area contributed by atoms with Gasteiger partial charge in [0.05, 0.1) is 12.7 Å². The van der Waals surface area contributed by atoms with Gasteiger partial charge in [0.1, 0.15) is 0 Å². The Labute approximate surface area is 106 Å². The second-order valence-electron chi connectivity index (χ2n) is 4.10. The smallest absolute Gasteiger partial charge is 0.0837 e. The minimum Gasteiger partial charge on any atom is -0.374 e. The van der Waals surface area contributed by atoms with Crippen molar-refractivity contribution >= 4 is 22.9 Å². The van der Waals surface area contributed by atoms with E-state index in [-0.39, 0.29) is 6.10 Å². The molecule has 1 aromatic heterocycles. The molecule has 1 aromatic rings. The van der Waals surface area contributed by atoms with Crippen molar-refractivity contribution < 1.29 is 4.74 Å². The van der Waals surface area contributed by atoms with Crippen molar-refractivity contribution in [1.29, 1.82) is 0 Å². The summed E-state index contributed by atoms with van der Waals surface area (Å²) in [4.78, 5) is 5.35. The fourth-order valence-corrected chi connectivity index (χ4v) is 3.12. The molecule has 1 fully saturated rings. The predicted molar refractivity (Wildman–Crippen MR) is 69.4 cm³/mol. The zero-order valence-corrected chi connectivity index (χ0v) is 11.2. The van der Waals surface area contributed by atoms with Crippen LogP contribution in [0.5, 0.6) is 0 Å². The van der Waals surface area contributed by atoms with Crippen LogP contribution in [-0.4, -0.2) is 36.6 Å². The van der Waals surface area contributed by atoms with E-state index in [2.05, 4.69) is 24.0 Å². The zero-order valence-electron chi connectivity index (χ0n) is 9.62. The molecule has 1 unspecified atom stereocenters. The molecule has 0 aromatic carbocycles. The third-order valence-corrected chi connectivity index (χ3v) is 4.40. The van der Waals surface area contributed by atoms with Crippen molar-refractivity contribution in [3.8, 4) is 0 Å². The Hall–Kier alpha value is -0.0900. The van der Waals surface area contributed by atoms with E-state index in [1.54, 1.807) is 0 Å². The Bertz CT molecular complexity index is 329. The standard InChI is InChI=1S/C12H18ClNOS/c1-2-11-3-4-12(16-11)9-14-5-6-15-10(7-13)8-14/h3-4,10H,2,5-9H2,1H3. The maximum Gasteiger partial charge on any atom is 0.0837 e. The molecule has 0 saturated carbocycles. The molecule has 1 saturated heterocycles. The lowest BCUT2D eigenvalue weighted by Gasteiger charge is -2.31. The van der Waals surface area contributed by atoms with E-state index in [0.717, 1.165) is 32.7 Å². The molecule has 16 heavy (non-hydrogen) atoms. The average molecular weight is 260 g/mol. The lowest BCUT2D eigenvalue weighted by molar-refractivity contribution is -0.0190. The molecule has 0 bridgehead atoms. The van der Waals surface area contributed by atoms with Crippen LogP contribution < -0.4 is 0 Å². The molecule has 1 atom stereocenters. The molecule has 2 nitrogen and oxygen atoms in total. The molecule has 0 spiro atoms. The number of thiophene rings is 1. The van der Waals surface area contributed by atoms with Gasteiger partial charge in [-0.05, 0) is 18.6 Å². The minimum absolute atomic E-state index is 0.209. The van der Waals surface area contributed by atoms with E-state index < -0.39 is 0 Å². The molecule has 2 heterocycles. The Balaban J connectivity index is 1.88. The van der Waals surface area contributed by atoms with Crippen LogP contribution in [0.1, 0.15) is 16.7 Å². The second kappa shape index (κ2) is 6.01. The van der Waals surface area contributed by atoms with Crippen LogP contribution in [0, 0.1) is 0 Å². The van der Waals surface area contributed by atoms with E-state index in [0.29, 0.717) is 5.88 Å². The van der Waals surface area contributed by atoms with Gasteiger partial charge in [0.15, 0.2) is 0 Å². The van der Waals surface area contributed by atoms with Gasteiger partial charge in [-0.1, -0.05) is 6.92 Å². The van der Waals surface area contributed by atoms with Crippen molar-refractivity contribution in [1.82, 2.24) is 4.90 Å². The molecule has 0 amide bonds. The van der Waals surface area contributed by atoms with E-state index in [9.17, 15) is 0 Å². The molecule has 90 valence electrons. The van der Waals surface area contributed by atoms with Gasteiger partial charge < -0.3 is 4.74 Å². The fraction of sp³-hybridized carbons (Fsp3) is 0.667. The first-order chi connectivity index (χ1) is 7.81. The van der Waals surface area contributed by atoms with E-state index >= 15 is 0 Å².